The van der Waals surface area contributed by atoms with Crippen LogP contribution >= 0.6 is 0 Å². The summed E-state index contributed by atoms with van der Waals surface area (Å²) in [6, 6.07) is 25.8. The van der Waals surface area contributed by atoms with E-state index < -0.39 is 0 Å². The van der Waals surface area contributed by atoms with Gasteiger partial charge in [-0.15, -0.1) is 0 Å². The third-order valence-electron chi connectivity index (χ3n) is 4.25. The summed E-state index contributed by atoms with van der Waals surface area (Å²) in [7, 11) is 0. The van der Waals surface area contributed by atoms with Crippen LogP contribution in [0, 0.1) is 0 Å². The number of benzene rings is 3. The zero-order valence-electron chi connectivity index (χ0n) is 14.8. The summed E-state index contributed by atoms with van der Waals surface area (Å²) in [5.74, 6) is 1.29. The normalized spacial score (nSPS) is 10.7. The Kier molecular flexibility index (Phi) is 4.94. The second-order valence-corrected chi connectivity index (χ2v) is 6.20. The van der Waals surface area contributed by atoms with Crippen molar-refractivity contribution in [2.24, 2.45) is 0 Å². The predicted molar refractivity (Wildman–Crippen MR) is 110 cm³/mol. The largest absolute Gasteiger partial charge is 0.396 e. The second-order valence-electron chi connectivity index (χ2n) is 6.20. The molecule has 5 heteroatoms. The van der Waals surface area contributed by atoms with E-state index >= 15 is 0 Å². The molecule has 5 nitrogen and oxygen atoms in total. The quantitative estimate of drug-likeness (QED) is 0.469. The molecule has 1 aromatic heterocycles. The van der Waals surface area contributed by atoms with Gasteiger partial charge in [-0.05, 0) is 48.4 Å². The van der Waals surface area contributed by atoms with Gasteiger partial charge < -0.3 is 15.7 Å². The zero-order chi connectivity index (χ0) is 18.5. The number of aliphatic hydroxyl groups excluding tert-OH is 1. The van der Waals surface area contributed by atoms with Crippen LogP contribution in [0.1, 0.15) is 5.56 Å². The van der Waals surface area contributed by atoms with Crippen LogP contribution < -0.4 is 10.6 Å². The van der Waals surface area contributed by atoms with E-state index in [0.29, 0.717) is 12.4 Å². The van der Waals surface area contributed by atoms with E-state index in [1.54, 1.807) is 0 Å². The van der Waals surface area contributed by atoms with Crippen molar-refractivity contribution in [3.8, 4) is 0 Å². The molecule has 0 bridgehead atoms. The van der Waals surface area contributed by atoms with Crippen molar-refractivity contribution in [2.75, 3.05) is 17.2 Å². The van der Waals surface area contributed by atoms with Gasteiger partial charge in [-0.25, -0.2) is 4.98 Å². The van der Waals surface area contributed by atoms with Crippen molar-refractivity contribution in [1.82, 2.24) is 9.97 Å². The van der Waals surface area contributed by atoms with Gasteiger partial charge in [-0.1, -0.05) is 42.5 Å². The molecular weight excluding hydrogens is 336 g/mol. The Hall–Kier alpha value is -3.44. The first-order chi connectivity index (χ1) is 13.3. The van der Waals surface area contributed by atoms with Crippen LogP contribution in [0.3, 0.4) is 0 Å². The van der Waals surface area contributed by atoms with Gasteiger partial charge in [-0.3, -0.25) is 0 Å². The number of aromatic nitrogens is 2. The lowest BCUT2D eigenvalue weighted by molar-refractivity contribution is 0.299. The smallest absolute Gasteiger partial charge is 0.229 e. The van der Waals surface area contributed by atoms with Crippen LogP contribution in [0.2, 0.25) is 0 Å². The molecule has 134 valence electrons. The number of rotatable bonds is 6. The van der Waals surface area contributed by atoms with E-state index in [9.17, 15) is 0 Å². The first kappa shape index (κ1) is 17.0. The number of nitrogens with one attached hydrogen (secondary N) is 2. The fraction of sp³-hybridized carbons (Fsp3) is 0.0909. The van der Waals surface area contributed by atoms with E-state index in [2.05, 4.69) is 20.6 Å². The van der Waals surface area contributed by atoms with Gasteiger partial charge in [0, 0.05) is 23.4 Å². The van der Waals surface area contributed by atoms with Gasteiger partial charge in [0.15, 0.2) is 0 Å². The molecule has 0 saturated carbocycles. The zero-order valence-corrected chi connectivity index (χ0v) is 14.8. The number of hydrogen-bond donors (Lipinski definition) is 3. The Morgan fingerprint density at radius 3 is 2.19 bits per heavy atom. The SMILES string of the molecule is OCCc1ccc(Nc2nc(Nc3ccccc3)c3ccccc3n2)cc1. The number of aliphatic hydroxyl groups is 1. The van der Waals surface area contributed by atoms with Crippen LogP contribution in [-0.2, 0) is 6.42 Å². The highest BCUT2D eigenvalue weighted by Gasteiger charge is 2.08. The van der Waals surface area contributed by atoms with Crippen LogP contribution in [0.4, 0.5) is 23.1 Å². The third-order valence-corrected chi connectivity index (χ3v) is 4.25. The molecule has 0 aliphatic rings. The van der Waals surface area contributed by atoms with Gasteiger partial charge >= 0.3 is 0 Å². The number of fused-ring (bicyclic) bond motifs is 1. The highest BCUT2D eigenvalue weighted by molar-refractivity contribution is 5.91. The molecule has 4 rings (SSSR count). The van der Waals surface area contributed by atoms with Gasteiger partial charge in [0.05, 0.1) is 5.52 Å². The average molecular weight is 356 g/mol. The molecule has 0 aliphatic heterocycles. The van der Waals surface area contributed by atoms with Gasteiger partial charge in [0.2, 0.25) is 5.95 Å². The molecule has 0 aliphatic carbocycles. The summed E-state index contributed by atoms with van der Waals surface area (Å²) in [5.41, 5.74) is 3.83. The van der Waals surface area contributed by atoms with Gasteiger partial charge in [0.25, 0.3) is 0 Å². The molecule has 0 radical (unpaired) electrons. The minimum absolute atomic E-state index is 0.148. The van der Waals surface area contributed by atoms with Gasteiger partial charge in [-0.2, -0.15) is 4.98 Å². The molecule has 0 unspecified atom stereocenters. The lowest BCUT2D eigenvalue weighted by Crippen LogP contribution is -2.02. The lowest BCUT2D eigenvalue weighted by atomic mass is 10.1. The molecule has 0 spiro atoms. The van der Waals surface area contributed by atoms with E-state index in [1.165, 1.54) is 0 Å². The van der Waals surface area contributed by atoms with Crippen molar-refractivity contribution in [3.63, 3.8) is 0 Å². The summed E-state index contributed by atoms with van der Waals surface area (Å²) in [6.45, 7) is 0.148. The van der Waals surface area contributed by atoms with E-state index in [-0.39, 0.29) is 6.61 Å². The molecule has 4 aromatic rings. The number of para-hydroxylation sites is 2. The number of nitrogens with zero attached hydrogens (tertiary/aromatic N) is 2. The molecule has 0 atom stereocenters. The maximum absolute atomic E-state index is 9.03. The third kappa shape index (κ3) is 4.04. The summed E-state index contributed by atoms with van der Waals surface area (Å²) in [6.07, 6.45) is 0.651. The minimum Gasteiger partial charge on any atom is -0.396 e. The first-order valence-corrected chi connectivity index (χ1v) is 8.87. The molecule has 0 saturated heterocycles. The molecular formula is C22H20N4O. The van der Waals surface area contributed by atoms with Crippen molar-refractivity contribution >= 4 is 34.0 Å². The maximum atomic E-state index is 9.03. The Morgan fingerprint density at radius 1 is 0.704 bits per heavy atom. The summed E-state index contributed by atoms with van der Waals surface area (Å²) < 4.78 is 0. The molecule has 27 heavy (non-hydrogen) atoms. The van der Waals surface area contributed by atoms with Crippen molar-refractivity contribution < 1.29 is 5.11 Å². The van der Waals surface area contributed by atoms with Crippen LogP contribution in [0.15, 0.2) is 78.9 Å². The summed E-state index contributed by atoms with van der Waals surface area (Å²) >= 11 is 0. The van der Waals surface area contributed by atoms with E-state index in [1.807, 2.05) is 78.9 Å². The Balaban J connectivity index is 1.66. The van der Waals surface area contributed by atoms with Crippen LogP contribution in [0.5, 0.6) is 0 Å². The summed E-state index contributed by atoms with van der Waals surface area (Å²) in [4.78, 5) is 9.31. The maximum Gasteiger partial charge on any atom is 0.229 e. The molecule has 3 N–H and O–H groups in total. The monoisotopic (exact) mass is 356 g/mol. The van der Waals surface area contributed by atoms with Gasteiger partial charge in [0.1, 0.15) is 5.82 Å². The van der Waals surface area contributed by atoms with Crippen molar-refractivity contribution in [2.45, 2.75) is 6.42 Å². The Morgan fingerprint density at radius 2 is 1.41 bits per heavy atom. The predicted octanol–water partition coefficient (Wildman–Crippen LogP) is 4.65. The molecule has 0 amide bonds. The van der Waals surface area contributed by atoms with E-state index in [0.717, 1.165) is 33.7 Å². The molecule has 0 fully saturated rings. The van der Waals surface area contributed by atoms with Crippen LogP contribution in [0.25, 0.3) is 10.9 Å². The highest BCUT2D eigenvalue weighted by atomic mass is 16.2. The molecule has 3 aromatic carbocycles. The molecule has 1 heterocycles. The van der Waals surface area contributed by atoms with Crippen molar-refractivity contribution in [1.29, 1.82) is 0 Å². The standard InChI is InChI=1S/C22H20N4O/c27-15-14-16-10-12-18(13-11-16)24-22-25-20-9-5-4-8-19(20)21(26-22)23-17-6-2-1-3-7-17/h1-13,27H,14-15H2,(H2,23,24,25,26). The minimum atomic E-state index is 0.148. The second kappa shape index (κ2) is 7.85. The number of hydrogen-bond acceptors (Lipinski definition) is 5. The highest BCUT2D eigenvalue weighted by Crippen LogP contribution is 2.26. The van der Waals surface area contributed by atoms with Crippen molar-refractivity contribution in [3.05, 3.63) is 84.4 Å². The fourth-order valence-corrected chi connectivity index (χ4v) is 2.90. The van der Waals surface area contributed by atoms with E-state index in [4.69, 9.17) is 5.11 Å². The van der Waals surface area contributed by atoms with Crippen LogP contribution in [-0.4, -0.2) is 21.7 Å². The Bertz CT molecular complexity index is 1030. The topological polar surface area (TPSA) is 70.1 Å². The fourth-order valence-electron chi connectivity index (χ4n) is 2.90. The first-order valence-electron chi connectivity index (χ1n) is 8.87. The average Bonchev–Trinajstić information content (AvgIpc) is 2.71. The lowest BCUT2D eigenvalue weighted by Gasteiger charge is -2.12. The summed E-state index contributed by atoms with van der Waals surface area (Å²) in [5, 5.41) is 16.6. The number of anilines is 4. The Labute approximate surface area is 157 Å².